The fourth-order valence-electron chi connectivity index (χ4n) is 4.82. The van der Waals surface area contributed by atoms with Crippen LogP contribution in [0.3, 0.4) is 0 Å². The van der Waals surface area contributed by atoms with Gasteiger partial charge in [0.25, 0.3) is 5.91 Å². The number of ether oxygens (including phenoxy) is 4. The van der Waals surface area contributed by atoms with Crippen LogP contribution in [0.25, 0.3) is 0 Å². The molecule has 8 nitrogen and oxygen atoms in total. The molecule has 1 aliphatic carbocycles. The summed E-state index contributed by atoms with van der Waals surface area (Å²) in [6.45, 7) is 1.63. The van der Waals surface area contributed by atoms with Crippen LogP contribution in [0.15, 0.2) is 18.2 Å². The zero-order valence-corrected chi connectivity index (χ0v) is 17.9. The third kappa shape index (κ3) is 4.34. The van der Waals surface area contributed by atoms with E-state index < -0.39 is 5.41 Å². The van der Waals surface area contributed by atoms with E-state index in [-0.39, 0.29) is 30.4 Å². The summed E-state index contributed by atoms with van der Waals surface area (Å²) in [5.41, 5.74) is 0.0964. The van der Waals surface area contributed by atoms with Gasteiger partial charge in [-0.25, -0.2) is 0 Å². The minimum Gasteiger partial charge on any atom is -0.486 e. The molecule has 2 fully saturated rings. The summed E-state index contributed by atoms with van der Waals surface area (Å²) in [4.78, 5) is 39.1. The Balaban J connectivity index is 1.38. The lowest BCUT2D eigenvalue weighted by Gasteiger charge is -2.32. The number of likely N-dealkylation sites (tertiary alicyclic amines) is 1. The molecule has 1 amide bonds. The summed E-state index contributed by atoms with van der Waals surface area (Å²) in [6, 6.07) is 5.62. The average molecular weight is 431 g/mol. The molecular formula is C23H29NO7. The highest BCUT2D eigenvalue weighted by molar-refractivity contribution is 5.87. The van der Waals surface area contributed by atoms with Crippen molar-refractivity contribution in [2.24, 2.45) is 5.92 Å². The van der Waals surface area contributed by atoms with Crippen LogP contribution >= 0.6 is 0 Å². The summed E-state index contributed by atoms with van der Waals surface area (Å²) in [5, 5.41) is 0. The van der Waals surface area contributed by atoms with Crippen LogP contribution in [-0.4, -0.2) is 62.8 Å². The van der Waals surface area contributed by atoms with E-state index in [9.17, 15) is 14.4 Å². The van der Waals surface area contributed by atoms with Crippen molar-refractivity contribution in [2.45, 2.75) is 43.9 Å². The molecule has 2 aliphatic heterocycles. The molecule has 0 N–H and O–H groups in total. The van der Waals surface area contributed by atoms with Crippen LogP contribution in [0.1, 0.15) is 44.1 Å². The maximum absolute atomic E-state index is 13.2. The molecule has 1 aromatic carbocycles. The van der Waals surface area contributed by atoms with Gasteiger partial charge in [-0.1, -0.05) is 18.9 Å². The molecule has 2 heterocycles. The van der Waals surface area contributed by atoms with Crippen molar-refractivity contribution in [2.75, 3.05) is 40.0 Å². The predicted octanol–water partition coefficient (Wildman–Crippen LogP) is 2.22. The number of piperidine rings is 1. The lowest BCUT2D eigenvalue weighted by Crippen LogP contribution is -2.43. The Kier molecular flexibility index (Phi) is 6.34. The van der Waals surface area contributed by atoms with Crippen LogP contribution in [0.2, 0.25) is 0 Å². The Morgan fingerprint density at radius 2 is 1.74 bits per heavy atom. The minimum absolute atomic E-state index is 0.173. The van der Waals surface area contributed by atoms with Crippen molar-refractivity contribution in [1.29, 1.82) is 0 Å². The van der Waals surface area contributed by atoms with Crippen molar-refractivity contribution in [3.8, 4) is 11.5 Å². The second-order valence-electron chi connectivity index (χ2n) is 8.40. The topological polar surface area (TPSA) is 91.4 Å². The number of carbonyl (C=O) groups excluding carboxylic acids is 3. The molecule has 0 radical (unpaired) electrons. The molecule has 1 saturated heterocycles. The summed E-state index contributed by atoms with van der Waals surface area (Å²) in [5.74, 6) is 0.329. The Bertz CT molecular complexity index is 838. The van der Waals surface area contributed by atoms with E-state index in [2.05, 4.69) is 0 Å². The fourth-order valence-corrected chi connectivity index (χ4v) is 4.82. The Morgan fingerprint density at radius 3 is 2.42 bits per heavy atom. The van der Waals surface area contributed by atoms with Crippen molar-refractivity contribution in [3.05, 3.63) is 23.8 Å². The highest BCUT2D eigenvalue weighted by Gasteiger charge is 2.45. The minimum atomic E-state index is -0.756. The molecule has 0 unspecified atom stereocenters. The number of amides is 1. The summed E-state index contributed by atoms with van der Waals surface area (Å²) in [7, 11) is 1.37. The quantitative estimate of drug-likeness (QED) is 0.660. The zero-order valence-electron chi connectivity index (χ0n) is 17.9. The number of hydrogen-bond donors (Lipinski definition) is 0. The molecule has 1 aromatic rings. The smallest absolute Gasteiger partial charge is 0.317 e. The molecule has 0 atom stereocenters. The van der Waals surface area contributed by atoms with Crippen LogP contribution in [0.4, 0.5) is 0 Å². The molecule has 0 spiro atoms. The number of benzene rings is 1. The second-order valence-corrected chi connectivity index (χ2v) is 8.40. The molecule has 0 bridgehead atoms. The van der Waals surface area contributed by atoms with Gasteiger partial charge in [-0.05, 0) is 43.4 Å². The van der Waals surface area contributed by atoms with Crippen molar-refractivity contribution in [3.63, 3.8) is 0 Å². The predicted molar refractivity (Wildman–Crippen MR) is 110 cm³/mol. The third-order valence-corrected chi connectivity index (χ3v) is 6.65. The van der Waals surface area contributed by atoms with E-state index in [1.165, 1.54) is 7.11 Å². The number of fused-ring (bicyclic) bond motifs is 1. The van der Waals surface area contributed by atoms with Crippen molar-refractivity contribution < 1.29 is 33.3 Å². The van der Waals surface area contributed by atoms with Gasteiger partial charge >= 0.3 is 11.9 Å². The second kappa shape index (κ2) is 9.16. The molecule has 168 valence electrons. The lowest BCUT2D eigenvalue weighted by molar-refractivity contribution is -0.158. The van der Waals surface area contributed by atoms with Gasteiger partial charge in [-0.2, -0.15) is 0 Å². The van der Waals surface area contributed by atoms with Gasteiger partial charge in [-0.15, -0.1) is 0 Å². The standard InChI is InChI=1S/C23H29NO7/c1-28-21(26)16-6-10-24(11-7-16)20(25)15-31-22(27)23(8-2-3-9-23)17-4-5-18-19(14-17)30-13-12-29-18/h4-5,14,16H,2-3,6-13,15H2,1H3. The van der Waals surface area contributed by atoms with Crippen LogP contribution < -0.4 is 9.47 Å². The van der Waals surface area contributed by atoms with E-state index in [0.29, 0.717) is 63.5 Å². The average Bonchev–Trinajstić information content (AvgIpc) is 3.33. The molecule has 3 aliphatic rings. The first-order chi connectivity index (χ1) is 15.0. The summed E-state index contributed by atoms with van der Waals surface area (Å²) < 4.78 is 21.6. The van der Waals surface area contributed by atoms with Crippen LogP contribution in [-0.2, 0) is 29.3 Å². The maximum Gasteiger partial charge on any atom is 0.317 e. The molecule has 4 rings (SSSR count). The van der Waals surface area contributed by atoms with Gasteiger partial charge in [0.2, 0.25) is 0 Å². The fraction of sp³-hybridized carbons (Fsp3) is 0.609. The van der Waals surface area contributed by atoms with Gasteiger partial charge in [0.1, 0.15) is 13.2 Å². The first kappa shape index (κ1) is 21.5. The highest BCUT2D eigenvalue weighted by atomic mass is 16.6. The normalized spacial score (nSPS) is 20.2. The van der Waals surface area contributed by atoms with E-state index in [1.807, 2.05) is 18.2 Å². The molecular weight excluding hydrogens is 402 g/mol. The van der Waals surface area contributed by atoms with E-state index >= 15 is 0 Å². The summed E-state index contributed by atoms with van der Waals surface area (Å²) in [6.07, 6.45) is 4.35. The van der Waals surface area contributed by atoms with Gasteiger partial charge in [0.15, 0.2) is 18.1 Å². The molecule has 0 aromatic heterocycles. The Labute approximate surface area is 181 Å². The number of rotatable bonds is 5. The number of methoxy groups -OCH3 is 1. The van der Waals surface area contributed by atoms with Gasteiger partial charge in [0, 0.05) is 13.1 Å². The molecule has 31 heavy (non-hydrogen) atoms. The van der Waals surface area contributed by atoms with Crippen molar-refractivity contribution in [1.82, 2.24) is 4.90 Å². The van der Waals surface area contributed by atoms with Crippen LogP contribution in [0.5, 0.6) is 11.5 Å². The van der Waals surface area contributed by atoms with Crippen LogP contribution in [0, 0.1) is 5.92 Å². The van der Waals surface area contributed by atoms with E-state index in [4.69, 9.17) is 18.9 Å². The SMILES string of the molecule is COC(=O)C1CCN(C(=O)COC(=O)C2(c3ccc4c(c3)OCCO4)CCCC2)CC1. The van der Waals surface area contributed by atoms with Gasteiger partial charge < -0.3 is 23.8 Å². The maximum atomic E-state index is 13.2. The monoisotopic (exact) mass is 431 g/mol. The number of esters is 2. The van der Waals surface area contributed by atoms with Gasteiger partial charge in [0.05, 0.1) is 18.4 Å². The van der Waals surface area contributed by atoms with Crippen molar-refractivity contribution >= 4 is 17.8 Å². The highest BCUT2D eigenvalue weighted by Crippen LogP contribution is 2.45. The van der Waals surface area contributed by atoms with Gasteiger partial charge in [-0.3, -0.25) is 14.4 Å². The van der Waals surface area contributed by atoms with E-state index in [0.717, 1.165) is 18.4 Å². The summed E-state index contributed by atoms with van der Waals surface area (Å²) >= 11 is 0. The lowest BCUT2D eigenvalue weighted by atomic mass is 9.78. The number of hydrogen-bond acceptors (Lipinski definition) is 7. The first-order valence-corrected chi connectivity index (χ1v) is 11.0. The molecule has 1 saturated carbocycles. The third-order valence-electron chi connectivity index (χ3n) is 6.65. The Hall–Kier alpha value is -2.77. The number of nitrogens with zero attached hydrogens (tertiary/aromatic N) is 1. The first-order valence-electron chi connectivity index (χ1n) is 11.0. The molecule has 8 heteroatoms. The Morgan fingerprint density at radius 1 is 1.06 bits per heavy atom. The zero-order chi connectivity index (χ0) is 21.8. The number of carbonyl (C=O) groups is 3. The van der Waals surface area contributed by atoms with E-state index in [1.54, 1.807) is 4.90 Å². The largest absolute Gasteiger partial charge is 0.486 e.